The molecule has 0 unspecified atom stereocenters. The third-order valence-corrected chi connectivity index (χ3v) is 3.08. The third-order valence-electron chi connectivity index (χ3n) is 2.77. The average Bonchev–Trinajstić information content (AvgIpc) is 2.22. The van der Waals surface area contributed by atoms with Crippen molar-refractivity contribution in [1.29, 1.82) is 0 Å². The molecule has 1 aliphatic heterocycles. The summed E-state index contributed by atoms with van der Waals surface area (Å²) in [6.45, 7) is 4.78. The maximum atomic E-state index is 13.0. The van der Waals surface area contributed by atoms with Gasteiger partial charge < -0.3 is 10.2 Å². The highest BCUT2D eigenvalue weighted by molar-refractivity contribution is 6.33. The molecule has 2 rings (SSSR count). The zero-order valence-electron chi connectivity index (χ0n) is 9.76. The number of carbonyl (C=O) groups is 1. The Bertz CT molecular complexity index is 462. The summed E-state index contributed by atoms with van der Waals surface area (Å²) in [5, 5.41) is 3.39. The number of carbonyl (C=O) groups excluding carboxylic acids is 1. The molecule has 0 aliphatic carbocycles. The van der Waals surface area contributed by atoms with Crippen molar-refractivity contribution in [2.75, 3.05) is 18.0 Å². The molecule has 1 aliphatic rings. The molecule has 1 amide bonds. The first-order valence-electron chi connectivity index (χ1n) is 5.39. The second-order valence-corrected chi connectivity index (χ2v) is 5.22. The first-order valence-corrected chi connectivity index (χ1v) is 5.77. The van der Waals surface area contributed by atoms with Gasteiger partial charge in [0.2, 0.25) is 5.91 Å². The Balaban J connectivity index is 2.34. The van der Waals surface area contributed by atoms with Crippen LogP contribution in [0.1, 0.15) is 13.8 Å². The highest BCUT2D eigenvalue weighted by Gasteiger charge is 2.32. The minimum Gasteiger partial charge on any atom is -0.308 e. The number of nitrogens with zero attached hydrogens (tertiary/aromatic N) is 1. The van der Waals surface area contributed by atoms with Crippen molar-refractivity contribution in [2.24, 2.45) is 0 Å². The lowest BCUT2D eigenvalue weighted by Crippen LogP contribution is -2.60. The van der Waals surface area contributed by atoms with Gasteiger partial charge >= 0.3 is 0 Å². The molecule has 0 saturated carbocycles. The van der Waals surface area contributed by atoms with Gasteiger partial charge in [-0.1, -0.05) is 11.6 Å². The summed E-state index contributed by atoms with van der Waals surface area (Å²) in [6, 6.07) is 4.07. The van der Waals surface area contributed by atoms with Crippen molar-refractivity contribution in [3.63, 3.8) is 0 Å². The van der Waals surface area contributed by atoms with Crippen LogP contribution < -0.4 is 10.2 Å². The van der Waals surface area contributed by atoms with E-state index in [1.807, 2.05) is 13.8 Å². The lowest BCUT2D eigenvalue weighted by atomic mass is 10.0. The van der Waals surface area contributed by atoms with Crippen LogP contribution in [0.4, 0.5) is 10.1 Å². The summed E-state index contributed by atoms with van der Waals surface area (Å²) in [7, 11) is 0. The number of piperazine rings is 1. The summed E-state index contributed by atoms with van der Waals surface area (Å²) in [6.07, 6.45) is 0. The SMILES string of the molecule is CC1(C)CN(c2ccc(F)cc2Cl)C(=O)CN1. The van der Waals surface area contributed by atoms with Gasteiger partial charge in [0.15, 0.2) is 0 Å². The summed E-state index contributed by atoms with van der Waals surface area (Å²) in [4.78, 5) is 13.4. The molecule has 1 fully saturated rings. The minimum absolute atomic E-state index is 0.0576. The predicted octanol–water partition coefficient (Wildman–Crippen LogP) is 2.19. The smallest absolute Gasteiger partial charge is 0.241 e. The van der Waals surface area contributed by atoms with Gasteiger partial charge in [0.25, 0.3) is 0 Å². The van der Waals surface area contributed by atoms with Crippen LogP contribution in [0, 0.1) is 5.82 Å². The molecule has 3 nitrogen and oxygen atoms in total. The van der Waals surface area contributed by atoms with Crippen LogP contribution in [-0.4, -0.2) is 24.5 Å². The normalized spacial score (nSPS) is 19.5. The Morgan fingerprint density at radius 1 is 1.47 bits per heavy atom. The van der Waals surface area contributed by atoms with Gasteiger partial charge in [-0.2, -0.15) is 0 Å². The fourth-order valence-electron chi connectivity index (χ4n) is 1.87. The maximum absolute atomic E-state index is 13.0. The molecular formula is C12H14ClFN2O. The summed E-state index contributed by atoms with van der Waals surface area (Å²) in [5.74, 6) is -0.460. The molecule has 92 valence electrons. The van der Waals surface area contributed by atoms with Crippen LogP contribution in [0.5, 0.6) is 0 Å². The Morgan fingerprint density at radius 3 is 2.82 bits per heavy atom. The van der Waals surface area contributed by atoms with Crippen LogP contribution >= 0.6 is 11.6 Å². The molecule has 0 bridgehead atoms. The lowest BCUT2D eigenvalue weighted by Gasteiger charge is -2.39. The summed E-state index contributed by atoms with van der Waals surface area (Å²) < 4.78 is 13.0. The molecule has 1 N–H and O–H groups in total. The van der Waals surface area contributed by atoms with Gasteiger partial charge in [0.05, 0.1) is 17.3 Å². The van der Waals surface area contributed by atoms with E-state index in [1.165, 1.54) is 18.2 Å². The highest BCUT2D eigenvalue weighted by atomic mass is 35.5. The predicted molar refractivity (Wildman–Crippen MR) is 65.8 cm³/mol. The van der Waals surface area contributed by atoms with E-state index >= 15 is 0 Å². The Hall–Kier alpha value is -1.13. The number of benzene rings is 1. The second kappa shape index (κ2) is 4.27. The quantitative estimate of drug-likeness (QED) is 0.836. The van der Waals surface area contributed by atoms with Crippen molar-refractivity contribution in [1.82, 2.24) is 5.32 Å². The number of nitrogens with one attached hydrogen (secondary N) is 1. The Morgan fingerprint density at radius 2 is 2.18 bits per heavy atom. The maximum Gasteiger partial charge on any atom is 0.241 e. The molecule has 5 heteroatoms. The minimum atomic E-state index is -0.402. The highest BCUT2D eigenvalue weighted by Crippen LogP contribution is 2.29. The van der Waals surface area contributed by atoms with E-state index in [0.717, 1.165) is 0 Å². The zero-order valence-corrected chi connectivity index (χ0v) is 10.5. The standard InChI is InChI=1S/C12H14ClFN2O/c1-12(2)7-16(11(17)6-15-12)10-4-3-8(14)5-9(10)13/h3-5,15H,6-7H2,1-2H3. The van der Waals surface area contributed by atoms with E-state index < -0.39 is 5.82 Å². The number of anilines is 1. The first-order chi connectivity index (χ1) is 7.89. The molecule has 1 heterocycles. The Labute approximate surface area is 105 Å². The van der Waals surface area contributed by atoms with Crippen molar-refractivity contribution in [2.45, 2.75) is 19.4 Å². The van der Waals surface area contributed by atoms with Gasteiger partial charge in [-0.25, -0.2) is 4.39 Å². The van der Waals surface area contributed by atoms with E-state index in [9.17, 15) is 9.18 Å². The topological polar surface area (TPSA) is 32.3 Å². The van der Waals surface area contributed by atoms with E-state index in [-0.39, 0.29) is 23.0 Å². The molecule has 0 aromatic heterocycles. The average molecular weight is 257 g/mol. The van der Waals surface area contributed by atoms with Crippen LogP contribution in [0.3, 0.4) is 0 Å². The van der Waals surface area contributed by atoms with E-state index in [0.29, 0.717) is 12.2 Å². The summed E-state index contributed by atoms with van der Waals surface area (Å²) >= 11 is 5.97. The number of amides is 1. The first kappa shape index (κ1) is 12.3. The Kier molecular flexibility index (Phi) is 3.10. The zero-order chi connectivity index (χ0) is 12.6. The van der Waals surface area contributed by atoms with E-state index in [4.69, 9.17) is 11.6 Å². The molecule has 0 radical (unpaired) electrons. The fourth-order valence-corrected chi connectivity index (χ4v) is 2.14. The fraction of sp³-hybridized carbons (Fsp3) is 0.417. The van der Waals surface area contributed by atoms with Gasteiger partial charge in [-0.05, 0) is 32.0 Å². The molecule has 1 saturated heterocycles. The molecule has 0 spiro atoms. The van der Waals surface area contributed by atoms with Crippen LogP contribution in [0.2, 0.25) is 5.02 Å². The van der Waals surface area contributed by atoms with Crippen molar-refractivity contribution < 1.29 is 9.18 Å². The van der Waals surface area contributed by atoms with Gasteiger partial charge in [-0.3, -0.25) is 4.79 Å². The van der Waals surface area contributed by atoms with Crippen molar-refractivity contribution in [3.05, 3.63) is 29.0 Å². The van der Waals surface area contributed by atoms with Crippen LogP contribution in [0.15, 0.2) is 18.2 Å². The van der Waals surface area contributed by atoms with E-state index in [2.05, 4.69) is 5.32 Å². The lowest BCUT2D eigenvalue weighted by molar-refractivity contribution is -0.119. The largest absolute Gasteiger partial charge is 0.308 e. The van der Waals surface area contributed by atoms with Gasteiger partial charge in [-0.15, -0.1) is 0 Å². The number of hydrogen-bond donors (Lipinski definition) is 1. The molecule has 0 atom stereocenters. The number of rotatable bonds is 1. The van der Waals surface area contributed by atoms with Crippen LogP contribution in [-0.2, 0) is 4.79 Å². The summed E-state index contributed by atoms with van der Waals surface area (Å²) in [5.41, 5.74) is 0.388. The van der Waals surface area contributed by atoms with Crippen molar-refractivity contribution >= 4 is 23.2 Å². The monoisotopic (exact) mass is 256 g/mol. The van der Waals surface area contributed by atoms with Crippen molar-refractivity contribution in [3.8, 4) is 0 Å². The third kappa shape index (κ3) is 2.58. The molecule has 1 aromatic carbocycles. The van der Waals surface area contributed by atoms with E-state index in [1.54, 1.807) is 4.90 Å². The van der Waals surface area contributed by atoms with Crippen LogP contribution in [0.25, 0.3) is 0 Å². The number of halogens is 2. The molecular weight excluding hydrogens is 243 g/mol. The second-order valence-electron chi connectivity index (χ2n) is 4.81. The number of hydrogen-bond acceptors (Lipinski definition) is 2. The molecule has 1 aromatic rings. The van der Waals surface area contributed by atoms with Gasteiger partial charge in [0, 0.05) is 12.1 Å². The molecule has 17 heavy (non-hydrogen) atoms. The van der Waals surface area contributed by atoms with Gasteiger partial charge in [0.1, 0.15) is 5.82 Å².